The van der Waals surface area contributed by atoms with Crippen LogP contribution in [0.4, 0.5) is 0 Å². The highest BCUT2D eigenvalue weighted by atomic mass is 31.2. The van der Waals surface area contributed by atoms with E-state index in [1.54, 1.807) is 0 Å². The smallest absolute Gasteiger partial charge is 0.306 e. The van der Waals surface area contributed by atoms with Gasteiger partial charge in [0, 0.05) is 12.8 Å². The van der Waals surface area contributed by atoms with Crippen LogP contribution in [0.3, 0.4) is 0 Å². The van der Waals surface area contributed by atoms with Gasteiger partial charge in [-0.1, -0.05) is 152 Å². The molecule has 0 rings (SSSR count). The molecule has 0 heterocycles. The minimum Gasteiger partial charge on any atom is -0.756 e. The van der Waals surface area contributed by atoms with Crippen molar-refractivity contribution in [3.8, 4) is 0 Å². The number of likely N-dealkylation sites (N-methyl/N-ethyl adjacent to an activating group) is 1. The van der Waals surface area contributed by atoms with Crippen molar-refractivity contribution in [2.75, 3.05) is 47.5 Å². The Labute approximate surface area is 331 Å². The first-order chi connectivity index (χ1) is 26.0. The van der Waals surface area contributed by atoms with Crippen molar-refractivity contribution in [1.29, 1.82) is 0 Å². The largest absolute Gasteiger partial charge is 0.756 e. The van der Waals surface area contributed by atoms with Gasteiger partial charge in [-0.15, -0.1) is 0 Å². The molecule has 0 saturated carbocycles. The third kappa shape index (κ3) is 39.7. The van der Waals surface area contributed by atoms with E-state index >= 15 is 0 Å². The van der Waals surface area contributed by atoms with E-state index in [4.69, 9.17) is 18.5 Å². The van der Waals surface area contributed by atoms with E-state index in [9.17, 15) is 19.0 Å². The van der Waals surface area contributed by atoms with Gasteiger partial charge in [-0.25, -0.2) is 0 Å². The predicted molar refractivity (Wildman–Crippen MR) is 222 cm³/mol. The minimum absolute atomic E-state index is 0.0413. The average molecular weight is 782 g/mol. The molecule has 0 saturated heterocycles. The van der Waals surface area contributed by atoms with Gasteiger partial charge in [0.05, 0.1) is 27.7 Å². The van der Waals surface area contributed by atoms with Crippen molar-refractivity contribution in [3.05, 3.63) is 48.6 Å². The summed E-state index contributed by atoms with van der Waals surface area (Å²) in [6.45, 7) is 4.12. The van der Waals surface area contributed by atoms with E-state index in [-0.39, 0.29) is 26.1 Å². The molecule has 1 unspecified atom stereocenters. The number of esters is 2. The monoisotopic (exact) mass is 782 g/mol. The van der Waals surface area contributed by atoms with Gasteiger partial charge in [0.1, 0.15) is 19.8 Å². The molecular weight excluding hydrogens is 701 g/mol. The molecule has 0 aromatic rings. The number of carbonyl (C=O) groups is 2. The number of carbonyl (C=O) groups excluding carboxylic acids is 2. The molecule has 0 bridgehead atoms. The molecule has 54 heavy (non-hydrogen) atoms. The lowest BCUT2D eigenvalue weighted by Crippen LogP contribution is -2.37. The van der Waals surface area contributed by atoms with E-state index in [1.165, 1.54) is 89.9 Å². The second-order valence-corrected chi connectivity index (χ2v) is 16.8. The highest BCUT2D eigenvalue weighted by Crippen LogP contribution is 2.38. The van der Waals surface area contributed by atoms with E-state index in [1.807, 2.05) is 27.2 Å². The summed E-state index contributed by atoms with van der Waals surface area (Å²) in [5.41, 5.74) is 0. The zero-order chi connectivity index (χ0) is 40.0. The normalized spacial score (nSPS) is 14.1. The van der Waals surface area contributed by atoms with E-state index in [2.05, 4.69) is 56.4 Å². The summed E-state index contributed by atoms with van der Waals surface area (Å²) in [5.74, 6) is -0.900. The van der Waals surface area contributed by atoms with Gasteiger partial charge in [-0.05, 0) is 51.4 Å². The number of hydrogen-bond donors (Lipinski definition) is 0. The number of ether oxygens (including phenoxy) is 2. The Bertz CT molecular complexity index is 1070. The number of nitrogens with zero attached hydrogens (tertiary/aromatic N) is 1. The van der Waals surface area contributed by atoms with Crippen LogP contribution in [0.5, 0.6) is 0 Å². The highest BCUT2D eigenvalue weighted by Gasteiger charge is 2.21. The molecule has 2 atom stereocenters. The van der Waals surface area contributed by atoms with E-state index in [0.29, 0.717) is 23.9 Å². The topological polar surface area (TPSA) is 111 Å². The number of phosphoric acid groups is 1. The minimum atomic E-state index is -4.64. The summed E-state index contributed by atoms with van der Waals surface area (Å²) in [4.78, 5) is 37.4. The molecule has 9 nitrogen and oxygen atoms in total. The predicted octanol–water partition coefficient (Wildman–Crippen LogP) is 11.3. The Balaban J connectivity index is 4.49. The Morgan fingerprint density at radius 2 is 1.02 bits per heavy atom. The summed E-state index contributed by atoms with van der Waals surface area (Å²) in [6, 6.07) is 0. The van der Waals surface area contributed by atoms with Crippen molar-refractivity contribution < 1.29 is 42.1 Å². The van der Waals surface area contributed by atoms with Crippen LogP contribution in [-0.2, 0) is 32.7 Å². The van der Waals surface area contributed by atoms with Gasteiger partial charge in [0.25, 0.3) is 7.82 Å². The van der Waals surface area contributed by atoms with Gasteiger partial charge in [0.2, 0.25) is 0 Å². The van der Waals surface area contributed by atoms with E-state index in [0.717, 1.165) is 38.5 Å². The number of unbranched alkanes of at least 4 members (excludes halogenated alkanes) is 16. The lowest BCUT2D eigenvalue weighted by Gasteiger charge is -2.28. The maximum atomic E-state index is 12.6. The molecule has 0 spiro atoms. The molecule has 0 aromatic carbocycles. The van der Waals surface area contributed by atoms with Crippen molar-refractivity contribution in [3.63, 3.8) is 0 Å². The molecule has 0 N–H and O–H groups in total. The fourth-order valence-corrected chi connectivity index (χ4v) is 6.20. The lowest BCUT2D eigenvalue weighted by molar-refractivity contribution is -0.870. The second kappa shape index (κ2) is 36.6. The van der Waals surface area contributed by atoms with Gasteiger partial charge < -0.3 is 27.9 Å². The van der Waals surface area contributed by atoms with Crippen LogP contribution in [-0.4, -0.2) is 70.0 Å². The summed E-state index contributed by atoms with van der Waals surface area (Å²) in [6.07, 6.45) is 41.4. The van der Waals surface area contributed by atoms with Crippen molar-refractivity contribution >= 4 is 19.8 Å². The SMILES string of the molecule is CCCCCC=CCC=CCC=CCC=CCCCC(=O)O[C@H](COC(=O)CCCCCCCCCCCCCCC)COP(=O)([O-])OCC[N+](C)(C)C. The Morgan fingerprint density at radius 3 is 1.54 bits per heavy atom. The zero-order valence-corrected chi connectivity index (χ0v) is 36.0. The molecule has 0 amide bonds. The highest BCUT2D eigenvalue weighted by molar-refractivity contribution is 7.45. The number of phosphoric ester groups is 1. The second-order valence-electron chi connectivity index (χ2n) is 15.4. The number of rotatable bonds is 38. The summed E-state index contributed by atoms with van der Waals surface area (Å²) >= 11 is 0. The zero-order valence-electron chi connectivity index (χ0n) is 35.2. The van der Waals surface area contributed by atoms with E-state index < -0.39 is 32.5 Å². The van der Waals surface area contributed by atoms with Crippen molar-refractivity contribution in [2.45, 2.75) is 174 Å². The molecule has 0 aliphatic heterocycles. The quantitative estimate of drug-likeness (QED) is 0.0200. The molecular formula is C44H80NO8P. The molecule has 0 fully saturated rings. The fraction of sp³-hybridized carbons (Fsp3) is 0.773. The average Bonchev–Trinajstić information content (AvgIpc) is 3.12. The van der Waals surface area contributed by atoms with Crippen molar-refractivity contribution in [2.24, 2.45) is 0 Å². The molecule has 0 aromatic heterocycles. The Hall–Kier alpha value is -2.03. The first-order valence-corrected chi connectivity index (χ1v) is 22.8. The number of allylic oxidation sites excluding steroid dienone is 8. The van der Waals surface area contributed by atoms with Gasteiger partial charge in [-0.2, -0.15) is 0 Å². The van der Waals surface area contributed by atoms with Crippen LogP contribution in [0.25, 0.3) is 0 Å². The molecule has 10 heteroatoms. The molecule has 0 aliphatic carbocycles. The standard InChI is InChI=1S/C44H80NO8P/c1-6-8-10-12-14-16-18-20-21-22-23-25-27-29-31-33-35-37-44(47)53-42(41-52-54(48,49)51-39-38-45(3,4)5)40-50-43(46)36-34-32-30-28-26-24-19-17-15-13-11-9-7-2/h14,16,20-21,23,25,29,31,42H,6-13,15,17-19,22,24,26-28,30,32-41H2,1-5H3/t42-/m1/s1. The first-order valence-electron chi connectivity index (χ1n) is 21.3. The molecule has 0 radical (unpaired) electrons. The maximum Gasteiger partial charge on any atom is 0.306 e. The van der Waals surface area contributed by atoms with Gasteiger partial charge >= 0.3 is 11.9 Å². The number of hydrogen-bond acceptors (Lipinski definition) is 8. The van der Waals surface area contributed by atoms with Crippen LogP contribution in [0.15, 0.2) is 48.6 Å². The van der Waals surface area contributed by atoms with Crippen LogP contribution >= 0.6 is 7.82 Å². The maximum absolute atomic E-state index is 12.6. The third-order valence-corrected chi connectivity index (χ3v) is 9.82. The summed E-state index contributed by atoms with van der Waals surface area (Å²) in [7, 11) is 1.13. The van der Waals surface area contributed by atoms with Crippen LogP contribution in [0.1, 0.15) is 168 Å². The molecule has 0 aliphatic rings. The fourth-order valence-electron chi connectivity index (χ4n) is 5.47. The Kier molecular flexibility index (Phi) is 35.2. The van der Waals surface area contributed by atoms with Crippen LogP contribution in [0.2, 0.25) is 0 Å². The van der Waals surface area contributed by atoms with Crippen LogP contribution in [0, 0.1) is 0 Å². The third-order valence-electron chi connectivity index (χ3n) is 8.85. The van der Waals surface area contributed by atoms with Crippen molar-refractivity contribution in [1.82, 2.24) is 0 Å². The Morgan fingerprint density at radius 1 is 0.574 bits per heavy atom. The van der Waals surface area contributed by atoms with Gasteiger partial charge in [0.15, 0.2) is 6.10 Å². The number of quaternary nitrogens is 1. The molecule has 314 valence electrons. The first kappa shape index (κ1) is 52.0. The lowest BCUT2D eigenvalue weighted by atomic mass is 10.0. The van der Waals surface area contributed by atoms with Gasteiger partial charge in [-0.3, -0.25) is 14.2 Å². The summed E-state index contributed by atoms with van der Waals surface area (Å²) < 4.78 is 33.8. The van der Waals surface area contributed by atoms with Crippen LogP contribution < -0.4 is 4.89 Å². The summed E-state index contributed by atoms with van der Waals surface area (Å²) in [5, 5.41) is 0.